The molecule has 0 saturated carbocycles. The molecule has 868 valence electrons. The van der Waals surface area contributed by atoms with E-state index in [0.717, 1.165) is 211 Å². The summed E-state index contributed by atoms with van der Waals surface area (Å²) in [6.45, 7) is 0. The van der Waals surface area contributed by atoms with E-state index in [9.17, 15) is 10.0 Å². The normalized spacial score (nSPS) is 14.9. The van der Waals surface area contributed by atoms with Gasteiger partial charge in [0.1, 0.15) is 5.15 Å². The predicted octanol–water partition coefficient (Wildman–Crippen LogP) is 57.1. The summed E-state index contributed by atoms with van der Waals surface area (Å²) in [6.07, 6.45) is 17.8. The molecular weight excluding hydrogens is 1640 g/mol. The molecular formula is C108H329BClN12O4S2-. The van der Waals surface area contributed by atoms with Crippen LogP contribution in [0.1, 0.15) is 233 Å². The maximum atomic E-state index is 9.46. The lowest BCUT2D eigenvalue weighted by atomic mass is 9.67. The van der Waals surface area contributed by atoms with Crippen molar-refractivity contribution in [2.24, 2.45) is 0 Å². The number of aromatic nitrogens is 10. The highest BCUT2D eigenvalue weighted by Gasteiger charge is 2.55. The van der Waals surface area contributed by atoms with Gasteiger partial charge in [-0.15, -0.1) is 0 Å². The van der Waals surface area contributed by atoms with Gasteiger partial charge in [-0.3, -0.25) is 39.9 Å². The molecule has 12 aromatic carbocycles. The summed E-state index contributed by atoms with van der Waals surface area (Å²) in [7, 11) is -1.51. The predicted molar refractivity (Wildman–Crippen MR) is 785 cm³/mol. The first-order valence-electron chi connectivity index (χ1n) is 41.9. The SMILES string of the molecule is Clc1ccc2c(n1)-c1ncccc1C21c2ccccc2Sc2c1ccc1c2Oc2ccccc2N1c1ccccc1-c1ccncc1.OB(O)c1ccccc1-c1cccc2nccnc12.[H-].[HH].[HH].[HH].[HH].[HH].[HH].[HH].[HH].[HH].[HH].[HH].[HH].[HH].[HH].[HH].[HH].[HH].[HH].[HH].[HH].[HH].[HH].[HH].[HH].[HH].[HH].[HH].[HH].[HH].[HH].[HH].[HH].[HH].[HH].[HH].[HH].[HH].[HH].[HH].[HH].[HH].[HH].[HH].[HH].[HH].[HH].[HH].[HH].[HH].[HH].[HH].[HH].[HH].[HH].[HH].[HH].[HH].[HH].[HH].[HH].[HH].[HH].[HH].[HH].[HH].[HH].[HH].[HH].[HH].[HH].[HH].[HH].[HH].[HH].[HH].[HH].[HH].[HH].[HH].[HH].[HH].[HH].[HH].[HH].[HH].[HH].[HH].[HH].[HH].[HH].[HH].[HH].[HH].[HH].[HH].[HH].[HH].[HH].[HH].[HH].[HH].[HH].[HH].[HH].[HH].[HH].[HH].[HH].[HH].[HH].[HH].[HH].[HH].[HH].[HH].[HH].[HH].[HH].[HH].[HH].[HH].[HH].[HH].[HH].[HH].[HH].[HH].[HH].[HH].[HH].[HH].c1ccc2c(c1)Oc1c(ccc3c1Sc1ccccc1C31c3cccnc3-c3nc(-c4ccccc4-c4cccc5nccnc45)ccc31)N2c1ccccc1-c1ccncc1. The molecule has 20 heteroatoms. The molecule has 2 atom stereocenters. The van der Waals surface area contributed by atoms with Crippen molar-refractivity contribution in [3.8, 4) is 102 Å². The van der Waals surface area contributed by atoms with Gasteiger partial charge in [-0.1, -0.05) is 241 Å². The molecule has 2 unspecified atom stereocenters. The third kappa shape index (κ3) is 12.0. The number of benzene rings is 12. The number of rotatable bonds is 8. The molecule has 0 fully saturated rings. The van der Waals surface area contributed by atoms with Crippen LogP contribution in [0.2, 0.25) is 5.15 Å². The van der Waals surface area contributed by atoms with E-state index in [-0.39, 0.29) is 188 Å². The average Bonchev–Trinajstić information content (AvgIpc) is 1.51. The van der Waals surface area contributed by atoms with Crippen LogP contribution in [0.5, 0.6) is 23.0 Å². The number of hydrogen-bond acceptors (Lipinski definition) is 18. The van der Waals surface area contributed by atoms with Gasteiger partial charge >= 0.3 is 7.12 Å². The number of fused-ring (bicyclic) bond motifs is 26. The van der Waals surface area contributed by atoms with E-state index >= 15 is 0 Å². The molecule has 128 heavy (non-hydrogen) atoms. The molecule has 4 aliphatic heterocycles. The Morgan fingerprint density at radius 1 is 0.305 bits per heavy atom. The second-order valence-electron chi connectivity index (χ2n) is 31.5. The summed E-state index contributed by atoms with van der Waals surface area (Å²) >= 11 is 10.0. The number of ether oxygens (including phenoxy) is 2. The maximum absolute atomic E-state index is 9.46. The van der Waals surface area contributed by atoms with Crippen molar-refractivity contribution in [1.82, 2.24) is 49.8 Å². The quantitative estimate of drug-likeness (QED) is 0.108. The third-order valence-electron chi connectivity index (χ3n) is 24.8. The minimum absolute atomic E-state index is 0. The molecule has 20 aromatic rings. The monoisotopic (exact) mass is 1970 g/mol. The lowest BCUT2D eigenvalue weighted by Crippen LogP contribution is -2.32. The molecule has 2 aliphatic carbocycles. The van der Waals surface area contributed by atoms with Crippen LogP contribution in [0.4, 0.5) is 34.1 Å². The first-order valence-corrected chi connectivity index (χ1v) is 43.9. The van der Waals surface area contributed by atoms with Gasteiger partial charge in [0.2, 0.25) is 0 Å². The Morgan fingerprint density at radius 3 is 1.24 bits per heavy atom. The zero-order valence-electron chi connectivity index (χ0n) is 68.8. The van der Waals surface area contributed by atoms with Gasteiger partial charge in [0.15, 0.2) is 23.0 Å². The Kier molecular flexibility index (Phi) is 18.4. The number of anilines is 6. The summed E-state index contributed by atoms with van der Waals surface area (Å²) in [5.74, 6) is 3.24. The molecule has 0 saturated heterocycles. The smallest absolute Gasteiger partial charge is 0.489 e. The molecule has 6 aliphatic rings. The van der Waals surface area contributed by atoms with E-state index < -0.39 is 17.9 Å². The topological polar surface area (TPSA) is 194 Å². The van der Waals surface area contributed by atoms with Crippen molar-refractivity contribution in [3.63, 3.8) is 0 Å². The number of para-hydroxylation sites is 8. The first-order chi connectivity index (χ1) is 63.3. The molecule has 16 nitrogen and oxygen atoms in total. The maximum Gasteiger partial charge on any atom is 0.489 e. The minimum Gasteiger partial charge on any atom is -1.00 e. The van der Waals surface area contributed by atoms with Crippen LogP contribution in [-0.2, 0) is 10.8 Å². The molecule has 2 spiro atoms. The molecule has 26 rings (SSSR count). The van der Waals surface area contributed by atoms with E-state index in [1.54, 1.807) is 60.4 Å². The largest absolute Gasteiger partial charge is 1.00 e. The summed E-state index contributed by atoms with van der Waals surface area (Å²) in [4.78, 5) is 56.1. The van der Waals surface area contributed by atoms with Gasteiger partial charge in [-0.05, 0) is 194 Å². The van der Waals surface area contributed by atoms with Gasteiger partial charge in [-0.25, -0.2) is 9.97 Å². The van der Waals surface area contributed by atoms with E-state index in [0.29, 0.717) is 10.6 Å². The van der Waals surface area contributed by atoms with Gasteiger partial charge in [0.05, 0.1) is 105 Å². The average molecular weight is 1970 g/mol. The Labute approximate surface area is 944 Å². The van der Waals surface area contributed by atoms with Crippen LogP contribution in [0.3, 0.4) is 0 Å². The van der Waals surface area contributed by atoms with Gasteiger partial charge in [-0.2, -0.15) is 0 Å². The second-order valence-corrected chi connectivity index (χ2v) is 34.0. The zero-order valence-corrected chi connectivity index (χ0v) is 70.2. The molecule has 2 N–H and O–H groups in total. The van der Waals surface area contributed by atoms with Crippen LogP contribution in [0.15, 0.2) is 409 Å². The lowest BCUT2D eigenvalue weighted by Gasteiger charge is -2.42. The minimum atomic E-state index is -1.51. The zero-order chi connectivity index (χ0) is 85.1. The first kappa shape index (κ1) is 76.1. The van der Waals surface area contributed by atoms with Gasteiger partial charge in [0, 0.05) is 286 Å². The Bertz CT molecular complexity index is 8190. The van der Waals surface area contributed by atoms with Crippen molar-refractivity contribution >= 4 is 104 Å². The van der Waals surface area contributed by atoms with Crippen molar-refractivity contribution in [2.45, 2.75) is 30.4 Å². The lowest BCUT2D eigenvalue weighted by molar-refractivity contribution is 0.426. The van der Waals surface area contributed by atoms with E-state index in [1.165, 1.54) is 11.1 Å². The van der Waals surface area contributed by atoms with Crippen LogP contribution in [0.25, 0.3) is 101 Å². The van der Waals surface area contributed by atoms with E-state index in [2.05, 4.69) is 277 Å². The number of hydrogen-bond donors (Lipinski definition) is 2. The Balaban J connectivity index is -0.0000000102. The summed E-state index contributed by atoms with van der Waals surface area (Å²) in [5, 5.41) is 19.4. The van der Waals surface area contributed by atoms with Crippen molar-refractivity contribution in [3.05, 3.63) is 439 Å². The van der Waals surface area contributed by atoms with Gasteiger partial charge in [0.25, 0.3) is 0 Å². The number of pyridine rings is 6. The summed E-state index contributed by atoms with van der Waals surface area (Å²) < 4.78 is 14.1. The standard InChI is InChI=1S/C54H32N6OS.C40H23ClN4OS.C14H11BN2O2.131H2.H/c1-2-13-36(35(12-1)37-14-9-17-43-49(37)58-32-31-56-43)42-24-22-40-51(59-42)50-39(16-10-28-57-50)54(40)38-15-4-8-21-48(38)62-53-41(54)23-25-46-52(53)61-47-20-7-6-19-45(47)60(46)44-18-5-3-11-34(44)33-26-29-55-30-27-33;41-35-18-16-28-37(44-35)36-27(10-7-21-43-36)40(28)26-9-2-6-14-34(26)47-39-29(40)15-17-32-38(39)46-33-13-5-4-12-31(33)45(32)30-11-3-1-8-25(30)24-19-22-42-23-20-24;18-15(19)12-6-2-1-4-10(12)11-5-3-7-13-14(11)17-9-8-16-13;;;;;;;;;;;;;;;;;;;;;;;;;;;;;;;;;;;;;;;;;;;;;;;;;;;;;;;;;;;;;;;;;;;;;;;;;;;;;;;;;;;;;;;;;;;;;;;;;;;;;;;;;;;;;;;;;;;;;;;;;;;;;;;;;;;;/h1-32H;1-23H;1-9,18-19H;131*1H;/q;;;;;;;;;;;;;;;;;;;;;;;;;;;;;;;;;;;;;;;;;;;;;;;;;;;;;;;;;;;;;;;;;;;;;;;;;;;;;;;;;;;;;;;;;;;;;;;;;;;;;;;;;;;;;;;;;;;;;;;;;;;;;;;;;;;;;;-1. The van der Waals surface area contributed by atoms with Crippen LogP contribution < -0.4 is 24.7 Å². The molecule has 8 aromatic heterocycles. The number of halogens is 1. The Hall–Kier alpha value is -15.6. The highest BCUT2D eigenvalue weighted by Crippen LogP contribution is 2.69. The third-order valence-corrected chi connectivity index (χ3v) is 27.4. The molecule has 0 radical (unpaired) electrons. The van der Waals surface area contributed by atoms with E-state index in [1.807, 2.05) is 110 Å². The van der Waals surface area contributed by atoms with Crippen LogP contribution >= 0.6 is 35.1 Å². The summed E-state index contributed by atoms with van der Waals surface area (Å²) in [5.41, 5.74) is 30.7. The van der Waals surface area contributed by atoms with Crippen LogP contribution in [-0.4, -0.2) is 67.0 Å². The fourth-order valence-electron chi connectivity index (χ4n) is 19.6. The van der Waals surface area contributed by atoms with E-state index in [4.69, 9.17) is 46.0 Å². The number of nitrogens with zero attached hydrogens (tertiary/aromatic N) is 12. The Morgan fingerprint density at radius 2 is 0.711 bits per heavy atom. The summed E-state index contributed by atoms with van der Waals surface area (Å²) in [6, 6.07) is 113. The molecule has 0 bridgehead atoms. The van der Waals surface area contributed by atoms with Gasteiger partial charge < -0.3 is 30.7 Å². The molecule has 12 heterocycles. The highest BCUT2D eigenvalue weighted by molar-refractivity contribution is 8.00. The second kappa shape index (κ2) is 31.0. The van der Waals surface area contributed by atoms with Crippen molar-refractivity contribution < 1.29 is 208 Å². The highest BCUT2D eigenvalue weighted by atomic mass is 35.5. The van der Waals surface area contributed by atoms with Crippen LogP contribution in [0, 0.1) is 0 Å². The van der Waals surface area contributed by atoms with Crippen molar-refractivity contribution in [1.29, 1.82) is 0 Å². The fourth-order valence-corrected chi connectivity index (χ4v) is 22.3. The molecule has 0 amide bonds. The fraction of sp³-hybridized carbons (Fsp3) is 0.0185. The van der Waals surface area contributed by atoms with Crippen molar-refractivity contribution in [2.75, 3.05) is 9.80 Å².